The molecule has 5 nitrogen and oxygen atoms in total. The van der Waals surface area contributed by atoms with E-state index >= 15 is 0 Å². The summed E-state index contributed by atoms with van der Waals surface area (Å²) in [6.07, 6.45) is 1.54. The van der Waals surface area contributed by atoms with Crippen molar-refractivity contribution in [3.05, 3.63) is 24.0 Å². The number of methoxy groups -OCH3 is 2. The molecule has 0 amide bonds. The molecular formula is C10H14N2O3. The number of hydrogen-bond donors (Lipinski definition) is 1. The monoisotopic (exact) mass is 210 g/mol. The van der Waals surface area contributed by atoms with Gasteiger partial charge in [-0.25, -0.2) is 0 Å². The summed E-state index contributed by atoms with van der Waals surface area (Å²) >= 11 is 0. The van der Waals surface area contributed by atoms with Gasteiger partial charge in [0.05, 0.1) is 26.1 Å². The number of carbonyl (C=O) groups is 1. The van der Waals surface area contributed by atoms with Crippen molar-refractivity contribution in [2.45, 2.75) is 5.92 Å². The normalized spacial score (nSPS) is 11.9. The Labute approximate surface area is 88.2 Å². The van der Waals surface area contributed by atoms with Crippen LogP contribution in [-0.2, 0) is 9.53 Å². The molecule has 2 N–H and O–H groups in total. The predicted molar refractivity (Wildman–Crippen MR) is 54.6 cm³/mol. The maximum atomic E-state index is 11.3. The van der Waals surface area contributed by atoms with Crippen LogP contribution < -0.4 is 10.5 Å². The molecule has 1 atom stereocenters. The molecule has 0 aliphatic heterocycles. The van der Waals surface area contributed by atoms with Crippen LogP contribution in [0.2, 0.25) is 0 Å². The van der Waals surface area contributed by atoms with E-state index < -0.39 is 5.92 Å². The number of rotatable bonds is 4. The smallest absolute Gasteiger partial charge is 0.316 e. The van der Waals surface area contributed by atoms with Crippen LogP contribution in [0.15, 0.2) is 18.3 Å². The third-order valence-corrected chi connectivity index (χ3v) is 2.07. The van der Waals surface area contributed by atoms with Gasteiger partial charge in [0.25, 0.3) is 0 Å². The Kier molecular flexibility index (Phi) is 4.05. The van der Waals surface area contributed by atoms with E-state index in [1.165, 1.54) is 7.11 Å². The summed E-state index contributed by atoms with van der Waals surface area (Å²) < 4.78 is 9.58. The molecule has 0 saturated carbocycles. The average Bonchev–Trinajstić information content (AvgIpc) is 2.30. The quantitative estimate of drug-likeness (QED) is 0.724. The molecule has 0 radical (unpaired) electrons. The highest BCUT2D eigenvalue weighted by molar-refractivity contribution is 5.77. The molecule has 0 spiro atoms. The molecule has 82 valence electrons. The van der Waals surface area contributed by atoms with E-state index in [1.54, 1.807) is 25.4 Å². The van der Waals surface area contributed by atoms with Crippen LogP contribution in [0.3, 0.4) is 0 Å². The number of esters is 1. The Bertz CT molecular complexity index is 324. The minimum Gasteiger partial charge on any atom is -0.495 e. The standard InChI is InChI=1S/C10H14N2O3/c1-14-7-3-4-9(12-6-7)8(5-11)10(13)15-2/h3-4,6,8H,5,11H2,1-2H3. The van der Waals surface area contributed by atoms with Crippen LogP contribution in [-0.4, -0.2) is 31.7 Å². The minimum absolute atomic E-state index is 0.173. The van der Waals surface area contributed by atoms with Crippen LogP contribution in [0.1, 0.15) is 11.6 Å². The lowest BCUT2D eigenvalue weighted by atomic mass is 10.1. The fraction of sp³-hybridized carbons (Fsp3) is 0.400. The van der Waals surface area contributed by atoms with E-state index in [2.05, 4.69) is 9.72 Å². The number of ether oxygens (including phenoxy) is 2. The highest BCUT2D eigenvalue weighted by atomic mass is 16.5. The van der Waals surface area contributed by atoms with Crippen molar-refractivity contribution in [1.82, 2.24) is 4.98 Å². The maximum absolute atomic E-state index is 11.3. The number of nitrogens with two attached hydrogens (primary N) is 1. The summed E-state index contributed by atoms with van der Waals surface area (Å²) in [6, 6.07) is 3.43. The Hall–Kier alpha value is -1.62. The summed E-state index contributed by atoms with van der Waals surface area (Å²) in [5, 5.41) is 0. The minimum atomic E-state index is -0.513. The van der Waals surface area contributed by atoms with Crippen molar-refractivity contribution < 1.29 is 14.3 Å². The number of aromatic nitrogens is 1. The molecule has 0 aliphatic carbocycles. The molecule has 1 rings (SSSR count). The van der Waals surface area contributed by atoms with Crippen LogP contribution in [0.4, 0.5) is 0 Å². The van der Waals surface area contributed by atoms with Gasteiger partial charge < -0.3 is 15.2 Å². The molecule has 15 heavy (non-hydrogen) atoms. The summed E-state index contributed by atoms with van der Waals surface area (Å²) in [5.74, 6) is -0.254. The molecule has 0 bridgehead atoms. The molecule has 0 aromatic carbocycles. The largest absolute Gasteiger partial charge is 0.495 e. The Morgan fingerprint density at radius 1 is 1.53 bits per heavy atom. The van der Waals surface area contributed by atoms with Gasteiger partial charge in [-0.15, -0.1) is 0 Å². The maximum Gasteiger partial charge on any atom is 0.316 e. The van der Waals surface area contributed by atoms with E-state index in [9.17, 15) is 4.79 Å². The van der Waals surface area contributed by atoms with Gasteiger partial charge in [-0.2, -0.15) is 0 Å². The zero-order valence-electron chi connectivity index (χ0n) is 8.77. The molecule has 5 heteroatoms. The molecule has 1 aromatic heterocycles. The van der Waals surface area contributed by atoms with Gasteiger partial charge in [0.15, 0.2) is 0 Å². The molecule has 0 aliphatic rings. The second-order valence-corrected chi connectivity index (χ2v) is 2.93. The van der Waals surface area contributed by atoms with Gasteiger partial charge in [0.2, 0.25) is 0 Å². The van der Waals surface area contributed by atoms with Gasteiger partial charge in [0.1, 0.15) is 11.7 Å². The molecular weight excluding hydrogens is 196 g/mol. The Morgan fingerprint density at radius 3 is 2.67 bits per heavy atom. The van der Waals surface area contributed by atoms with Gasteiger partial charge in [-0.1, -0.05) is 0 Å². The molecule has 0 fully saturated rings. The molecule has 1 heterocycles. The van der Waals surface area contributed by atoms with E-state index in [1.807, 2.05) is 0 Å². The lowest BCUT2D eigenvalue weighted by Gasteiger charge is -2.11. The highest BCUT2D eigenvalue weighted by Crippen LogP contribution is 2.16. The number of nitrogens with zero attached hydrogens (tertiary/aromatic N) is 1. The fourth-order valence-corrected chi connectivity index (χ4v) is 1.20. The molecule has 0 saturated heterocycles. The van der Waals surface area contributed by atoms with Crippen molar-refractivity contribution in [1.29, 1.82) is 0 Å². The second-order valence-electron chi connectivity index (χ2n) is 2.93. The average molecular weight is 210 g/mol. The van der Waals surface area contributed by atoms with Gasteiger partial charge in [-0.05, 0) is 12.1 Å². The SMILES string of the molecule is COC(=O)C(CN)c1ccc(OC)cn1. The van der Waals surface area contributed by atoms with E-state index in [-0.39, 0.29) is 12.5 Å². The van der Waals surface area contributed by atoms with Crippen LogP contribution in [0.25, 0.3) is 0 Å². The predicted octanol–water partition coefficient (Wildman–Crippen LogP) is 0.305. The number of hydrogen-bond acceptors (Lipinski definition) is 5. The van der Waals surface area contributed by atoms with E-state index in [0.717, 1.165) is 0 Å². The van der Waals surface area contributed by atoms with Gasteiger partial charge in [0, 0.05) is 6.54 Å². The first-order chi connectivity index (χ1) is 7.22. The lowest BCUT2D eigenvalue weighted by Crippen LogP contribution is -2.23. The lowest BCUT2D eigenvalue weighted by molar-refractivity contribution is -0.142. The second kappa shape index (κ2) is 5.31. The third-order valence-electron chi connectivity index (χ3n) is 2.07. The van der Waals surface area contributed by atoms with Crippen LogP contribution >= 0.6 is 0 Å². The first-order valence-corrected chi connectivity index (χ1v) is 4.50. The van der Waals surface area contributed by atoms with Crippen molar-refractivity contribution in [3.8, 4) is 5.75 Å². The fourth-order valence-electron chi connectivity index (χ4n) is 1.20. The van der Waals surface area contributed by atoms with Crippen molar-refractivity contribution in [2.24, 2.45) is 5.73 Å². The molecule has 1 aromatic rings. The van der Waals surface area contributed by atoms with Crippen molar-refractivity contribution in [2.75, 3.05) is 20.8 Å². The first-order valence-electron chi connectivity index (χ1n) is 4.50. The van der Waals surface area contributed by atoms with Gasteiger partial charge >= 0.3 is 5.97 Å². The summed E-state index contributed by atoms with van der Waals surface area (Å²) in [4.78, 5) is 15.4. The topological polar surface area (TPSA) is 74.4 Å². The number of carbonyl (C=O) groups excluding carboxylic acids is 1. The Balaban J connectivity index is 2.87. The third kappa shape index (κ3) is 2.66. The summed E-state index contributed by atoms with van der Waals surface area (Å²) in [7, 11) is 2.88. The van der Waals surface area contributed by atoms with E-state index in [4.69, 9.17) is 10.5 Å². The number of pyridine rings is 1. The van der Waals surface area contributed by atoms with E-state index in [0.29, 0.717) is 11.4 Å². The zero-order valence-corrected chi connectivity index (χ0v) is 8.77. The summed E-state index contributed by atoms with van der Waals surface area (Å²) in [5.41, 5.74) is 6.07. The Morgan fingerprint density at radius 2 is 2.27 bits per heavy atom. The molecule has 1 unspecified atom stereocenters. The summed E-state index contributed by atoms with van der Waals surface area (Å²) in [6.45, 7) is 0.173. The zero-order chi connectivity index (χ0) is 11.3. The highest BCUT2D eigenvalue weighted by Gasteiger charge is 2.20. The van der Waals surface area contributed by atoms with Crippen LogP contribution in [0.5, 0.6) is 5.75 Å². The van der Waals surface area contributed by atoms with Crippen LogP contribution in [0, 0.1) is 0 Å². The first kappa shape index (κ1) is 11.5. The van der Waals surface area contributed by atoms with Gasteiger partial charge in [-0.3, -0.25) is 9.78 Å². The van der Waals surface area contributed by atoms with Crippen molar-refractivity contribution >= 4 is 5.97 Å². The van der Waals surface area contributed by atoms with Crippen molar-refractivity contribution in [3.63, 3.8) is 0 Å².